The van der Waals surface area contributed by atoms with Crippen molar-refractivity contribution >= 4 is 51.7 Å². The minimum Gasteiger partial charge on any atom is -0.399 e. The van der Waals surface area contributed by atoms with Gasteiger partial charge in [-0.1, -0.05) is 17.7 Å². The van der Waals surface area contributed by atoms with Crippen LogP contribution in [-0.2, 0) is 16.1 Å². The largest absolute Gasteiger partial charge is 0.399 e. The van der Waals surface area contributed by atoms with Crippen LogP contribution < -0.4 is 16.8 Å². The maximum Gasteiger partial charge on any atom is 0.269 e. The summed E-state index contributed by atoms with van der Waals surface area (Å²) in [6.07, 6.45) is 1.63. The first-order valence-electron chi connectivity index (χ1n) is 9.59. The molecule has 1 aromatic carbocycles. The highest BCUT2D eigenvalue weighted by Crippen LogP contribution is 2.28. The molecule has 1 fully saturated rings. The molecule has 0 radical (unpaired) electrons. The predicted molar refractivity (Wildman–Crippen MR) is 115 cm³/mol. The average molecular weight is 442 g/mol. The van der Waals surface area contributed by atoms with Gasteiger partial charge < -0.3 is 21.7 Å². The summed E-state index contributed by atoms with van der Waals surface area (Å²) in [5.41, 5.74) is 12.3. The van der Waals surface area contributed by atoms with E-state index in [1.165, 1.54) is 9.58 Å². The van der Waals surface area contributed by atoms with E-state index in [1.807, 2.05) is 0 Å². The van der Waals surface area contributed by atoms with Crippen LogP contribution in [0, 0.1) is 0 Å². The van der Waals surface area contributed by atoms with Crippen LogP contribution in [0.3, 0.4) is 0 Å². The fraction of sp³-hybridized carbons (Fsp3) is 0.250. The molecule has 1 aliphatic rings. The number of carbonyl (C=O) groups is 3. The Morgan fingerprint density at radius 1 is 1.23 bits per heavy atom. The monoisotopic (exact) mass is 441 g/mol. The normalized spacial score (nSPS) is 13.2. The van der Waals surface area contributed by atoms with Gasteiger partial charge in [-0.05, 0) is 43.2 Å². The van der Waals surface area contributed by atoms with Gasteiger partial charge in [-0.15, -0.1) is 0 Å². The number of anilines is 2. The van der Waals surface area contributed by atoms with Crippen LogP contribution in [0.5, 0.6) is 0 Å². The quantitative estimate of drug-likeness (QED) is 0.372. The van der Waals surface area contributed by atoms with Crippen molar-refractivity contribution in [2.24, 2.45) is 5.73 Å². The van der Waals surface area contributed by atoms with Gasteiger partial charge in [0.15, 0.2) is 5.69 Å². The van der Waals surface area contributed by atoms with Crippen molar-refractivity contribution in [3.05, 3.63) is 47.2 Å². The molecular weight excluding hydrogens is 422 g/mol. The summed E-state index contributed by atoms with van der Waals surface area (Å²) in [4.78, 5) is 42.8. The van der Waals surface area contributed by atoms with Gasteiger partial charge in [0.2, 0.25) is 11.8 Å². The SMILES string of the molecule is NC(=O)c1nn(CC(=O)N(CC(=O)Nc2cccc(Cl)n2)C2CC2)c2ccc(N)cc12. The number of hydrogen-bond acceptors (Lipinski definition) is 6. The number of aromatic nitrogens is 3. The zero-order chi connectivity index (χ0) is 22.1. The number of rotatable bonds is 7. The number of pyridine rings is 1. The minimum absolute atomic E-state index is 0.0151. The summed E-state index contributed by atoms with van der Waals surface area (Å²) in [5, 5.41) is 7.58. The van der Waals surface area contributed by atoms with E-state index in [0.29, 0.717) is 22.4 Å². The van der Waals surface area contributed by atoms with Gasteiger partial charge in [0.1, 0.15) is 24.1 Å². The molecule has 3 amide bonds. The van der Waals surface area contributed by atoms with E-state index in [0.717, 1.165) is 12.8 Å². The van der Waals surface area contributed by atoms with Crippen molar-refractivity contribution in [1.82, 2.24) is 19.7 Å². The second-order valence-corrected chi connectivity index (χ2v) is 7.68. The van der Waals surface area contributed by atoms with Gasteiger partial charge in [-0.3, -0.25) is 19.1 Å². The Bertz CT molecular complexity index is 1190. The molecule has 1 saturated carbocycles. The Morgan fingerprint density at radius 3 is 2.68 bits per heavy atom. The highest BCUT2D eigenvalue weighted by atomic mass is 35.5. The zero-order valence-electron chi connectivity index (χ0n) is 16.4. The van der Waals surface area contributed by atoms with Gasteiger partial charge in [-0.2, -0.15) is 5.10 Å². The van der Waals surface area contributed by atoms with Crippen molar-refractivity contribution in [3.63, 3.8) is 0 Å². The molecule has 0 saturated heterocycles. The lowest BCUT2D eigenvalue weighted by Gasteiger charge is -2.22. The Kier molecular flexibility index (Phi) is 5.47. The summed E-state index contributed by atoms with van der Waals surface area (Å²) >= 11 is 5.84. The van der Waals surface area contributed by atoms with E-state index in [2.05, 4.69) is 15.4 Å². The summed E-state index contributed by atoms with van der Waals surface area (Å²) in [5.74, 6) is -1.09. The lowest BCUT2D eigenvalue weighted by molar-refractivity contribution is -0.135. The lowest BCUT2D eigenvalue weighted by Crippen LogP contribution is -2.41. The van der Waals surface area contributed by atoms with Gasteiger partial charge in [0.05, 0.1) is 5.52 Å². The van der Waals surface area contributed by atoms with Gasteiger partial charge in [0.25, 0.3) is 5.91 Å². The number of nitrogens with one attached hydrogen (secondary N) is 1. The number of nitrogens with two attached hydrogens (primary N) is 2. The molecule has 0 spiro atoms. The van der Waals surface area contributed by atoms with E-state index in [-0.39, 0.29) is 41.8 Å². The first-order valence-corrected chi connectivity index (χ1v) is 9.97. The van der Waals surface area contributed by atoms with Gasteiger partial charge in [-0.25, -0.2) is 4.98 Å². The summed E-state index contributed by atoms with van der Waals surface area (Å²) in [7, 11) is 0. The Balaban J connectivity index is 1.52. The van der Waals surface area contributed by atoms with Crippen molar-refractivity contribution in [2.75, 3.05) is 17.6 Å². The third-order valence-corrected chi connectivity index (χ3v) is 5.11. The van der Waals surface area contributed by atoms with Crippen LogP contribution in [0.4, 0.5) is 11.5 Å². The van der Waals surface area contributed by atoms with Crippen molar-refractivity contribution in [2.45, 2.75) is 25.4 Å². The third kappa shape index (κ3) is 4.58. The number of amides is 3. The topological polar surface area (TPSA) is 149 Å². The maximum atomic E-state index is 13.0. The molecular formula is C20H20ClN7O3. The van der Waals surface area contributed by atoms with E-state index >= 15 is 0 Å². The van der Waals surface area contributed by atoms with Crippen LogP contribution in [0.15, 0.2) is 36.4 Å². The van der Waals surface area contributed by atoms with Gasteiger partial charge in [0, 0.05) is 17.1 Å². The summed E-state index contributed by atoms with van der Waals surface area (Å²) < 4.78 is 1.41. The highest BCUT2D eigenvalue weighted by Gasteiger charge is 2.34. The molecule has 0 aliphatic heterocycles. The number of benzene rings is 1. The molecule has 5 N–H and O–H groups in total. The first-order chi connectivity index (χ1) is 14.8. The zero-order valence-corrected chi connectivity index (χ0v) is 17.2. The minimum atomic E-state index is -0.714. The molecule has 31 heavy (non-hydrogen) atoms. The second kappa shape index (κ2) is 8.23. The smallest absolute Gasteiger partial charge is 0.269 e. The molecule has 10 nitrogen and oxygen atoms in total. The Labute approximate surface area is 182 Å². The standard InChI is InChI=1S/C20H20ClN7O3/c21-15-2-1-3-16(24-15)25-17(29)9-27(12-5-6-12)18(30)10-28-14-7-4-11(22)8-13(14)19(26-28)20(23)31/h1-4,7-8,12H,5-6,9-10,22H2,(H2,23,31)(H,24,25,29). The van der Waals surface area contributed by atoms with Crippen molar-refractivity contribution < 1.29 is 14.4 Å². The molecule has 0 bridgehead atoms. The predicted octanol–water partition coefficient (Wildman–Crippen LogP) is 1.40. The van der Waals surface area contributed by atoms with E-state index < -0.39 is 5.91 Å². The number of fused-ring (bicyclic) bond motifs is 1. The third-order valence-electron chi connectivity index (χ3n) is 4.90. The maximum absolute atomic E-state index is 13.0. The Hall–Kier alpha value is -3.66. The fourth-order valence-electron chi connectivity index (χ4n) is 3.34. The van der Waals surface area contributed by atoms with Crippen molar-refractivity contribution in [3.8, 4) is 0 Å². The first kappa shape index (κ1) is 20.6. The van der Waals surface area contributed by atoms with E-state index in [9.17, 15) is 14.4 Å². The molecule has 2 aromatic heterocycles. The summed E-state index contributed by atoms with van der Waals surface area (Å²) in [6.45, 7) is -0.278. The molecule has 11 heteroatoms. The Morgan fingerprint density at radius 2 is 2.00 bits per heavy atom. The molecule has 0 atom stereocenters. The van der Waals surface area contributed by atoms with Crippen LogP contribution in [0.1, 0.15) is 23.3 Å². The molecule has 3 aromatic rings. The number of halogens is 1. The molecule has 1 aliphatic carbocycles. The molecule has 0 unspecified atom stereocenters. The summed E-state index contributed by atoms with van der Waals surface area (Å²) in [6, 6.07) is 9.78. The van der Waals surface area contributed by atoms with E-state index in [1.54, 1.807) is 36.4 Å². The lowest BCUT2D eigenvalue weighted by atomic mass is 10.2. The van der Waals surface area contributed by atoms with Crippen LogP contribution in [-0.4, -0.2) is 50.0 Å². The number of nitrogens with zero attached hydrogens (tertiary/aromatic N) is 4. The molecule has 160 valence electrons. The van der Waals surface area contributed by atoms with Crippen LogP contribution in [0.2, 0.25) is 5.15 Å². The fourth-order valence-corrected chi connectivity index (χ4v) is 3.50. The van der Waals surface area contributed by atoms with Crippen LogP contribution >= 0.6 is 11.6 Å². The van der Waals surface area contributed by atoms with Crippen molar-refractivity contribution in [1.29, 1.82) is 0 Å². The number of primary amides is 1. The molecule has 2 heterocycles. The average Bonchev–Trinajstić information content (AvgIpc) is 3.48. The van der Waals surface area contributed by atoms with Gasteiger partial charge >= 0.3 is 0 Å². The number of hydrogen-bond donors (Lipinski definition) is 3. The van der Waals surface area contributed by atoms with E-state index in [4.69, 9.17) is 23.1 Å². The van der Waals surface area contributed by atoms with Crippen LogP contribution in [0.25, 0.3) is 10.9 Å². The number of nitrogen functional groups attached to an aromatic ring is 1. The highest BCUT2D eigenvalue weighted by molar-refractivity contribution is 6.29. The molecule has 4 rings (SSSR count). The number of carbonyl (C=O) groups excluding carboxylic acids is 3. The second-order valence-electron chi connectivity index (χ2n) is 7.29.